The Bertz CT molecular complexity index is 128. The Labute approximate surface area is 68.8 Å². The second-order valence-corrected chi connectivity index (χ2v) is 7.79. The van der Waals surface area contributed by atoms with Crippen LogP contribution in [0.4, 0.5) is 0 Å². The molecule has 0 rings (SSSR count). The number of carbonyl (C=O) groups is 1. The van der Waals surface area contributed by atoms with Crippen LogP contribution in [0.1, 0.15) is 19.8 Å². The lowest BCUT2D eigenvalue weighted by Crippen LogP contribution is -2.27. The third-order valence-electron chi connectivity index (χ3n) is 0.839. The minimum atomic E-state index is -1.69. The second kappa shape index (κ2) is 4.51. The Morgan fingerprint density at radius 1 is 1.36 bits per heavy atom. The first-order valence-corrected chi connectivity index (χ1v) is 7.25. The van der Waals surface area contributed by atoms with E-state index in [4.69, 9.17) is 4.58 Å². The van der Waals surface area contributed by atoms with Crippen LogP contribution in [-0.4, -0.2) is 14.3 Å². The van der Waals surface area contributed by atoms with Gasteiger partial charge < -0.3 is 4.89 Å². The fourth-order valence-electron chi connectivity index (χ4n) is 0.417. The zero-order valence-corrected chi connectivity index (χ0v) is 8.64. The van der Waals surface area contributed by atoms with Crippen LogP contribution in [0.5, 0.6) is 0 Å². The van der Waals surface area contributed by atoms with E-state index < -0.39 is 8.32 Å². The molecule has 3 nitrogen and oxygen atoms in total. The van der Waals surface area contributed by atoms with Crippen LogP contribution in [0, 0.1) is 0 Å². The maximum atomic E-state index is 10.8. The molecule has 0 aliphatic heterocycles. The molecule has 0 amide bonds. The summed E-state index contributed by atoms with van der Waals surface area (Å²) >= 11 is 0. The summed E-state index contributed by atoms with van der Waals surface area (Å²) in [6, 6.07) is 0. The number of carbonyl (C=O) groups excluding carboxylic acids is 1. The van der Waals surface area contributed by atoms with Crippen molar-refractivity contribution < 1.29 is 14.3 Å². The molecule has 0 atom stereocenters. The van der Waals surface area contributed by atoms with E-state index in [1.807, 2.05) is 26.6 Å². The molecule has 66 valence electrons. The number of hydrogen-bond donors (Lipinski definition) is 0. The van der Waals surface area contributed by atoms with Gasteiger partial charge in [0.15, 0.2) is 0 Å². The first kappa shape index (κ1) is 10.6. The van der Waals surface area contributed by atoms with Crippen molar-refractivity contribution >= 4 is 14.3 Å². The van der Waals surface area contributed by atoms with Crippen LogP contribution in [0.15, 0.2) is 0 Å². The number of hydrogen-bond acceptors (Lipinski definition) is 3. The lowest BCUT2D eigenvalue weighted by atomic mass is 10.3. The van der Waals surface area contributed by atoms with Gasteiger partial charge in [-0.3, -0.25) is 0 Å². The summed E-state index contributed by atoms with van der Waals surface area (Å²) in [7, 11) is -1.69. The molecular formula is C7H16O3Si. The molecule has 0 unspecified atom stereocenters. The molecule has 0 bridgehead atoms. The van der Waals surface area contributed by atoms with Crippen molar-refractivity contribution in [3.8, 4) is 0 Å². The fraction of sp³-hybridized carbons (Fsp3) is 0.857. The topological polar surface area (TPSA) is 35.5 Å². The van der Waals surface area contributed by atoms with Gasteiger partial charge in [0.2, 0.25) is 8.32 Å². The molecule has 0 aromatic carbocycles. The third kappa shape index (κ3) is 7.54. The van der Waals surface area contributed by atoms with Crippen molar-refractivity contribution in [3.63, 3.8) is 0 Å². The van der Waals surface area contributed by atoms with E-state index in [-0.39, 0.29) is 5.97 Å². The maximum Gasteiger partial charge on any atom is 0.340 e. The molecule has 0 heterocycles. The Kier molecular flexibility index (Phi) is 4.36. The maximum absolute atomic E-state index is 10.8. The summed E-state index contributed by atoms with van der Waals surface area (Å²) in [6.45, 7) is 7.82. The minimum Gasteiger partial charge on any atom is -0.310 e. The zero-order chi connectivity index (χ0) is 8.91. The summed E-state index contributed by atoms with van der Waals surface area (Å²) in [5.74, 6) is -0.269. The summed E-state index contributed by atoms with van der Waals surface area (Å²) < 4.78 is 4.93. The van der Waals surface area contributed by atoms with E-state index in [1.54, 1.807) is 0 Å². The normalized spacial score (nSPS) is 11.3. The molecule has 11 heavy (non-hydrogen) atoms. The predicted octanol–water partition coefficient (Wildman–Crippen LogP) is 2.10. The van der Waals surface area contributed by atoms with Gasteiger partial charge in [-0.25, -0.2) is 9.37 Å². The van der Waals surface area contributed by atoms with Gasteiger partial charge in [0.25, 0.3) is 0 Å². The summed E-state index contributed by atoms with van der Waals surface area (Å²) in [5.41, 5.74) is 0. The van der Waals surface area contributed by atoms with Gasteiger partial charge in [-0.1, -0.05) is 6.92 Å². The molecule has 0 aromatic rings. The van der Waals surface area contributed by atoms with E-state index in [0.717, 1.165) is 6.42 Å². The van der Waals surface area contributed by atoms with E-state index in [0.29, 0.717) is 6.42 Å². The molecule has 0 radical (unpaired) electrons. The second-order valence-electron chi connectivity index (χ2n) is 3.40. The molecule has 4 heteroatoms. The Morgan fingerprint density at radius 3 is 2.27 bits per heavy atom. The van der Waals surface area contributed by atoms with Gasteiger partial charge >= 0.3 is 5.97 Å². The van der Waals surface area contributed by atoms with E-state index in [9.17, 15) is 4.79 Å². The summed E-state index contributed by atoms with van der Waals surface area (Å²) in [6.07, 6.45) is 1.23. The van der Waals surface area contributed by atoms with Crippen molar-refractivity contribution in [1.29, 1.82) is 0 Å². The fourth-order valence-corrected chi connectivity index (χ4v) is 0.760. The van der Waals surface area contributed by atoms with Crippen LogP contribution in [0.2, 0.25) is 19.6 Å². The van der Waals surface area contributed by atoms with Crippen molar-refractivity contribution in [2.75, 3.05) is 0 Å². The van der Waals surface area contributed by atoms with Crippen LogP contribution in [-0.2, 0) is 14.3 Å². The van der Waals surface area contributed by atoms with Crippen LogP contribution >= 0.6 is 0 Å². The molecule has 0 saturated heterocycles. The van der Waals surface area contributed by atoms with Crippen LogP contribution in [0.25, 0.3) is 0 Å². The van der Waals surface area contributed by atoms with Crippen LogP contribution in [0.3, 0.4) is 0 Å². The standard InChI is InChI=1S/C7H16O3Si/c1-5-6-7(8)9-10-11(2,3)4/h5-6H2,1-4H3. The van der Waals surface area contributed by atoms with Crippen molar-refractivity contribution in [2.45, 2.75) is 39.4 Å². The highest BCUT2D eigenvalue weighted by molar-refractivity contribution is 6.69. The monoisotopic (exact) mass is 176 g/mol. The SMILES string of the molecule is CCCC(=O)OO[Si](C)(C)C. The van der Waals surface area contributed by atoms with Gasteiger partial charge in [0, 0.05) is 6.42 Å². The van der Waals surface area contributed by atoms with Gasteiger partial charge in [0.05, 0.1) is 0 Å². The Hall–Kier alpha value is -0.353. The molecule has 0 aromatic heterocycles. The Balaban J connectivity index is 3.46. The lowest BCUT2D eigenvalue weighted by molar-refractivity contribution is -0.219. The largest absolute Gasteiger partial charge is 0.340 e. The summed E-state index contributed by atoms with van der Waals surface area (Å²) in [4.78, 5) is 15.3. The first-order valence-electron chi connectivity index (χ1n) is 3.84. The molecule has 0 aliphatic rings. The molecule has 0 saturated carbocycles. The van der Waals surface area contributed by atoms with E-state index in [2.05, 4.69) is 4.89 Å². The Morgan fingerprint density at radius 2 is 1.91 bits per heavy atom. The molecule has 0 spiro atoms. The van der Waals surface area contributed by atoms with E-state index in [1.165, 1.54) is 0 Å². The third-order valence-corrected chi connectivity index (χ3v) is 1.42. The lowest BCUT2D eigenvalue weighted by Gasteiger charge is -2.13. The van der Waals surface area contributed by atoms with Gasteiger partial charge in [-0.15, -0.1) is 0 Å². The van der Waals surface area contributed by atoms with Crippen molar-refractivity contribution in [2.24, 2.45) is 0 Å². The van der Waals surface area contributed by atoms with Gasteiger partial charge in [-0.05, 0) is 26.1 Å². The minimum absolute atomic E-state index is 0.269. The average Bonchev–Trinajstić information content (AvgIpc) is 1.83. The first-order chi connectivity index (χ1) is 4.95. The molecule has 0 aliphatic carbocycles. The highest BCUT2D eigenvalue weighted by Gasteiger charge is 2.18. The van der Waals surface area contributed by atoms with Crippen molar-refractivity contribution in [3.05, 3.63) is 0 Å². The smallest absolute Gasteiger partial charge is 0.310 e. The average molecular weight is 176 g/mol. The van der Waals surface area contributed by atoms with Gasteiger partial charge in [-0.2, -0.15) is 0 Å². The predicted molar refractivity (Wildman–Crippen MR) is 45.4 cm³/mol. The highest BCUT2D eigenvalue weighted by atomic mass is 28.4. The highest BCUT2D eigenvalue weighted by Crippen LogP contribution is 2.04. The van der Waals surface area contributed by atoms with Gasteiger partial charge in [0.1, 0.15) is 0 Å². The van der Waals surface area contributed by atoms with E-state index >= 15 is 0 Å². The summed E-state index contributed by atoms with van der Waals surface area (Å²) in [5, 5.41) is 0. The quantitative estimate of drug-likeness (QED) is 0.374. The van der Waals surface area contributed by atoms with Crippen molar-refractivity contribution in [1.82, 2.24) is 0 Å². The molecular weight excluding hydrogens is 160 g/mol. The zero-order valence-electron chi connectivity index (χ0n) is 7.64. The molecule has 0 N–H and O–H groups in total. The van der Waals surface area contributed by atoms with Crippen LogP contribution < -0.4 is 0 Å². The number of rotatable bonds is 4. The molecule has 0 fully saturated rings.